The zero-order valence-corrected chi connectivity index (χ0v) is 15.9. The van der Waals surface area contributed by atoms with Gasteiger partial charge in [-0.05, 0) is 35.9 Å². The van der Waals surface area contributed by atoms with E-state index in [-0.39, 0.29) is 18.9 Å². The molecule has 7 nitrogen and oxygen atoms in total. The lowest BCUT2D eigenvalue weighted by Gasteiger charge is -2.25. The predicted molar refractivity (Wildman–Crippen MR) is 103 cm³/mol. The molecule has 1 aromatic heterocycles. The van der Waals surface area contributed by atoms with E-state index in [0.29, 0.717) is 21.9 Å². The Morgan fingerprint density at radius 1 is 1.14 bits per heavy atom. The van der Waals surface area contributed by atoms with Crippen molar-refractivity contribution in [3.05, 3.63) is 76.8 Å². The number of nitrogens with zero attached hydrogens (tertiary/aromatic N) is 2. The number of hydrogen-bond acceptors (Lipinski definition) is 6. The van der Waals surface area contributed by atoms with E-state index >= 15 is 0 Å². The molecule has 3 aromatic rings. The smallest absolute Gasteiger partial charge is 0.326 e. The van der Waals surface area contributed by atoms with Gasteiger partial charge >= 0.3 is 5.97 Å². The third-order valence-corrected chi connectivity index (χ3v) is 4.71. The Labute approximate surface area is 170 Å². The number of hydrogen-bond donors (Lipinski definition) is 0. The van der Waals surface area contributed by atoms with Gasteiger partial charge in [0.25, 0.3) is 5.91 Å². The van der Waals surface area contributed by atoms with E-state index in [9.17, 15) is 14.4 Å². The van der Waals surface area contributed by atoms with Crippen molar-refractivity contribution >= 4 is 29.4 Å². The summed E-state index contributed by atoms with van der Waals surface area (Å²) in [6, 6.07) is 13.8. The van der Waals surface area contributed by atoms with Gasteiger partial charge in [-0.2, -0.15) is 0 Å². The van der Waals surface area contributed by atoms with E-state index in [1.807, 2.05) is 0 Å². The van der Waals surface area contributed by atoms with Crippen molar-refractivity contribution in [1.29, 1.82) is 0 Å². The maximum absolute atomic E-state index is 12.5. The van der Waals surface area contributed by atoms with Crippen LogP contribution in [0.3, 0.4) is 0 Å². The maximum Gasteiger partial charge on any atom is 0.326 e. The summed E-state index contributed by atoms with van der Waals surface area (Å²) < 4.78 is 10.7. The van der Waals surface area contributed by atoms with E-state index in [1.165, 1.54) is 6.20 Å². The van der Waals surface area contributed by atoms with E-state index in [4.69, 9.17) is 20.8 Å². The van der Waals surface area contributed by atoms with Crippen LogP contribution < -0.4 is 0 Å². The standard InChI is InChI=1S/C21H15ClN2O5/c22-15-7-5-13(6-8-15)17-10-23-18(29-17)12-28-20(26)11-24-19(25)9-14-3-1-2-4-16(14)21(24)27/h1-8,10H,9,11-12H2. The minimum absolute atomic E-state index is 0.0688. The molecule has 1 aliphatic rings. The number of benzene rings is 2. The van der Waals surface area contributed by atoms with Crippen molar-refractivity contribution in [3.8, 4) is 11.3 Å². The first kappa shape index (κ1) is 18.9. The number of aromatic nitrogens is 1. The van der Waals surface area contributed by atoms with E-state index < -0.39 is 24.3 Å². The number of carbonyl (C=O) groups is 3. The molecule has 0 saturated heterocycles. The molecule has 1 aliphatic heterocycles. The molecule has 2 amide bonds. The zero-order chi connectivity index (χ0) is 20.4. The normalized spacial score (nSPS) is 13.3. The highest BCUT2D eigenvalue weighted by molar-refractivity contribution is 6.30. The van der Waals surface area contributed by atoms with E-state index in [2.05, 4.69) is 4.98 Å². The number of imide groups is 1. The van der Waals surface area contributed by atoms with Crippen molar-refractivity contribution in [2.45, 2.75) is 13.0 Å². The van der Waals surface area contributed by atoms with Crippen molar-refractivity contribution in [1.82, 2.24) is 9.88 Å². The minimum Gasteiger partial charge on any atom is -0.454 e. The van der Waals surface area contributed by atoms with Gasteiger partial charge in [-0.15, -0.1) is 0 Å². The first-order valence-corrected chi connectivity index (χ1v) is 9.18. The number of fused-ring (bicyclic) bond motifs is 1. The largest absolute Gasteiger partial charge is 0.454 e. The molecule has 0 radical (unpaired) electrons. The Morgan fingerprint density at radius 2 is 1.90 bits per heavy atom. The summed E-state index contributed by atoms with van der Waals surface area (Å²) in [5.74, 6) is -0.963. The van der Waals surface area contributed by atoms with Gasteiger partial charge in [-0.3, -0.25) is 19.3 Å². The second-order valence-corrected chi connectivity index (χ2v) is 6.84. The third-order valence-electron chi connectivity index (χ3n) is 4.46. The van der Waals surface area contributed by atoms with Crippen LogP contribution in [0.2, 0.25) is 5.02 Å². The monoisotopic (exact) mass is 410 g/mol. The highest BCUT2D eigenvalue weighted by Crippen LogP contribution is 2.23. The third kappa shape index (κ3) is 4.05. The van der Waals surface area contributed by atoms with Crippen molar-refractivity contribution in [3.63, 3.8) is 0 Å². The van der Waals surface area contributed by atoms with Crippen LogP contribution in [0.1, 0.15) is 21.8 Å². The maximum atomic E-state index is 12.5. The van der Waals surface area contributed by atoms with E-state index in [0.717, 1.165) is 10.5 Å². The van der Waals surface area contributed by atoms with Crippen molar-refractivity contribution in [2.24, 2.45) is 0 Å². The molecule has 0 fully saturated rings. The Morgan fingerprint density at radius 3 is 2.69 bits per heavy atom. The van der Waals surface area contributed by atoms with Gasteiger partial charge in [0.05, 0.1) is 12.6 Å². The summed E-state index contributed by atoms with van der Waals surface area (Å²) in [4.78, 5) is 41.8. The molecular weight excluding hydrogens is 396 g/mol. The number of amides is 2. The van der Waals surface area contributed by atoms with Crippen LogP contribution in [0.4, 0.5) is 0 Å². The van der Waals surface area contributed by atoms with Crippen LogP contribution >= 0.6 is 11.6 Å². The fourth-order valence-corrected chi connectivity index (χ4v) is 3.13. The molecule has 29 heavy (non-hydrogen) atoms. The summed E-state index contributed by atoms with van der Waals surface area (Å²) in [7, 11) is 0. The second-order valence-electron chi connectivity index (χ2n) is 6.40. The number of esters is 1. The zero-order valence-electron chi connectivity index (χ0n) is 15.1. The van der Waals surface area contributed by atoms with Gasteiger partial charge in [-0.25, -0.2) is 4.98 Å². The second kappa shape index (κ2) is 7.89. The highest BCUT2D eigenvalue weighted by atomic mass is 35.5. The Kier molecular flexibility index (Phi) is 5.14. The summed E-state index contributed by atoms with van der Waals surface area (Å²) in [5.41, 5.74) is 1.85. The van der Waals surface area contributed by atoms with E-state index in [1.54, 1.807) is 48.5 Å². The SMILES string of the molecule is O=C(CN1C(=O)Cc2ccccc2C1=O)OCc1ncc(-c2ccc(Cl)cc2)o1. The Bertz CT molecular complexity index is 1090. The lowest BCUT2D eigenvalue weighted by Crippen LogP contribution is -2.45. The molecule has 8 heteroatoms. The summed E-state index contributed by atoms with van der Waals surface area (Å²) in [6.45, 7) is -0.671. The lowest BCUT2D eigenvalue weighted by atomic mass is 9.98. The van der Waals surface area contributed by atoms with Crippen LogP contribution in [0, 0.1) is 0 Å². The van der Waals surface area contributed by atoms with Crippen molar-refractivity contribution in [2.75, 3.05) is 6.54 Å². The molecule has 0 spiro atoms. The van der Waals surface area contributed by atoms with Crippen LogP contribution in [-0.2, 0) is 27.4 Å². The summed E-state index contributed by atoms with van der Waals surface area (Å²) in [6.07, 6.45) is 1.58. The average Bonchev–Trinajstić information content (AvgIpc) is 3.19. The predicted octanol–water partition coefficient (Wildman–Crippen LogP) is 3.26. The molecule has 0 atom stereocenters. The number of halogens is 1. The molecule has 0 aliphatic carbocycles. The van der Waals surface area contributed by atoms with Gasteiger partial charge < -0.3 is 9.15 Å². The Balaban J connectivity index is 1.37. The van der Waals surface area contributed by atoms with Gasteiger partial charge in [0.1, 0.15) is 6.54 Å². The van der Waals surface area contributed by atoms with Gasteiger partial charge in [0.2, 0.25) is 11.8 Å². The minimum atomic E-state index is -0.725. The quantitative estimate of drug-likeness (QED) is 0.473. The molecule has 0 N–H and O–H groups in total. The fraction of sp³-hybridized carbons (Fsp3) is 0.143. The highest BCUT2D eigenvalue weighted by Gasteiger charge is 2.32. The molecule has 146 valence electrons. The van der Waals surface area contributed by atoms with Crippen molar-refractivity contribution < 1.29 is 23.5 Å². The number of carbonyl (C=O) groups excluding carboxylic acids is 3. The molecule has 0 unspecified atom stereocenters. The molecular formula is C21H15ClN2O5. The summed E-state index contributed by atoms with van der Waals surface area (Å²) >= 11 is 5.86. The summed E-state index contributed by atoms with van der Waals surface area (Å²) in [5, 5.41) is 0.604. The number of ether oxygens (including phenoxy) is 1. The van der Waals surface area contributed by atoms with Gasteiger partial charge in [0.15, 0.2) is 12.4 Å². The topological polar surface area (TPSA) is 89.7 Å². The average molecular weight is 411 g/mol. The molecule has 2 heterocycles. The van der Waals surface area contributed by atoms with Crippen LogP contribution in [0.25, 0.3) is 11.3 Å². The van der Waals surface area contributed by atoms with Crippen LogP contribution in [-0.4, -0.2) is 34.2 Å². The molecule has 0 bridgehead atoms. The molecule has 4 rings (SSSR count). The van der Waals surface area contributed by atoms with Crippen LogP contribution in [0.15, 0.2) is 59.1 Å². The number of rotatable bonds is 5. The first-order valence-electron chi connectivity index (χ1n) is 8.80. The lowest BCUT2D eigenvalue weighted by molar-refractivity contribution is -0.149. The van der Waals surface area contributed by atoms with Gasteiger partial charge in [0, 0.05) is 16.1 Å². The first-order chi connectivity index (χ1) is 14.0. The Hall–Kier alpha value is -3.45. The number of oxazole rings is 1. The molecule has 2 aromatic carbocycles. The fourth-order valence-electron chi connectivity index (χ4n) is 3.00. The molecule has 0 saturated carbocycles. The van der Waals surface area contributed by atoms with Gasteiger partial charge in [-0.1, -0.05) is 29.8 Å². The van der Waals surface area contributed by atoms with Crippen LogP contribution in [0.5, 0.6) is 0 Å².